The molecule has 38 heavy (non-hydrogen) atoms. The number of anilines is 2. The Morgan fingerprint density at radius 3 is 2.74 bits per heavy atom. The van der Waals surface area contributed by atoms with Crippen molar-refractivity contribution in [2.75, 3.05) is 36.5 Å². The predicted octanol–water partition coefficient (Wildman–Crippen LogP) is 5.13. The number of ether oxygens (including phenoxy) is 1. The molecule has 0 radical (unpaired) electrons. The average molecular weight is 511 g/mol. The lowest BCUT2D eigenvalue weighted by Crippen LogP contribution is -2.46. The molecule has 3 aromatic rings. The number of pyridine rings is 1. The zero-order valence-corrected chi connectivity index (χ0v) is 23.3. The van der Waals surface area contributed by atoms with E-state index >= 15 is 0 Å². The van der Waals surface area contributed by atoms with Crippen LogP contribution in [0.25, 0.3) is 23.8 Å². The molecule has 0 amide bonds. The molecule has 2 aliphatic rings. The fraction of sp³-hybridized carbons (Fsp3) is 0.364. The number of allylic oxidation sites excluding steroid dienone is 1. The van der Waals surface area contributed by atoms with Crippen molar-refractivity contribution in [1.82, 2.24) is 4.98 Å². The zero-order valence-electron chi connectivity index (χ0n) is 23.3. The Morgan fingerprint density at radius 1 is 1.16 bits per heavy atom. The lowest BCUT2D eigenvalue weighted by atomic mass is 9.96. The first kappa shape index (κ1) is 27.5. The third kappa shape index (κ3) is 6.65. The molecule has 200 valence electrons. The topological polar surface area (TPSA) is 63.4 Å². The number of benzene rings is 2. The molecular formula is C33H42N4O. The van der Waals surface area contributed by atoms with E-state index in [1.54, 1.807) is 0 Å². The van der Waals surface area contributed by atoms with Crippen LogP contribution in [0.2, 0.25) is 0 Å². The van der Waals surface area contributed by atoms with Gasteiger partial charge >= 0.3 is 0 Å². The molecule has 0 aliphatic carbocycles. The number of hydrogen-bond acceptors (Lipinski definition) is 5. The van der Waals surface area contributed by atoms with E-state index in [-0.39, 0.29) is 6.04 Å². The van der Waals surface area contributed by atoms with Crippen LogP contribution in [0.1, 0.15) is 39.7 Å². The molecular weight excluding hydrogens is 468 g/mol. The number of fused-ring (bicyclic) bond motifs is 1. The van der Waals surface area contributed by atoms with Crippen molar-refractivity contribution in [1.29, 1.82) is 0 Å². The van der Waals surface area contributed by atoms with E-state index in [0.717, 1.165) is 66.5 Å². The van der Waals surface area contributed by atoms with Gasteiger partial charge in [0.25, 0.3) is 0 Å². The summed E-state index contributed by atoms with van der Waals surface area (Å²) in [5.74, 6) is 1.60. The van der Waals surface area contributed by atoms with E-state index in [1.165, 1.54) is 22.4 Å². The number of hydrogen-bond donors (Lipinski definition) is 2. The Morgan fingerprint density at radius 2 is 1.95 bits per heavy atom. The maximum atomic E-state index is 6.29. The molecule has 0 bridgehead atoms. The Labute approximate surface area is 227 Å². The van der Waals surface area contributed by atoms with Crippen LogP contribution in [-0.2, 0) is 6.42 Å². The Hall–Kier alpha value is -3.57. The van der Waals surface area contributed by atoms with Crippen LogP contribution in [0, 0.1) is 5.92 Å². The van der Waals surface area contributed by atoms with Crippen molar-refractivity contribution in [2.45, 2.75) is 46.6 Å². The minimum absolute atomic E-state index is 0.213. The van der Waals surface area contributed by atoms with Gasteiger partial charge in [-0.15, -0.1) is 0 Å². The number of nitrogens with two attached hydrogens (primary N) is 1. The zero-order chi connectivity index (χ0) is 27.1. The molecule has 2 unspecified atom stereocenters. The first-order valence-electron chi connectivity index (χ1n) is 13.9. The van der Waals surface area contributed by atoms with Crippen molar-refractivity contribution >= 4 is 24.0 Å². The van der Waals surface area contributed by atoms with Crippen LogP contribution < -0.4 is 31.1 Å². The maximum Gasteiger partial charge on any atom is 0.123 e. The van der Waals surface area contributed by atoms with Gasteiger partial charge in [-0.1, -0.05) is 69.3 Å². The van der Waals surface area contributed by atoms with E-state index in [0.29, 0.717) is 5.92 Å². The molecule has 3 N–H and O–H groups in total. The van der Waals surface area contributed by atoms with E-state index < -0.39 is 0 Å². The van der Waals surface area contributed by atoms with Gasteiger partial charge in [0.1, 0.15) is 5.75 Å². The van der Waals surface area contributed by atoms with Crippen LogP contribution in [0.15, 0.2) is 66.5 Å². The number of piperidine rings is 1. The van der Waals surface area contributed by atoms with Crippen molar-refractivity contribution in [3.8, 4) is 16.9 Å². The van der Waals surface area contributed by atoms with Crippen LogP contribution in [0.3, 0.4) is 0 Å². The largest absolute Gasteiger partial charge is 0.493 e. The normalized spacial score (nSPS) is 19.3. The van der Waals surface area contributed by atoms with Gasteiger partial charge in [-0.25, -0.2) is 0 Å². The van der Waals surface area contributed by atoms with Gasteiger partial charge < -0.3 is 20.7 Å². The quantitative estimate of drug-likeness (QED) is 0.481. The van der Waals surface area contributed by atoms with Crippen molar-refractivity contribution in [2.24, 2.45) is 11.7 Å². The van der Waals surface area contributed by atoms with Crippen LogP contribution in [-0.4, -0.2) is 37.3 Å². The molecule has 1 aromatic heterocycles. The van der Waals surface area contributed by atoms with Gasteiger partial charge in [0, 0.05) is 38.3 Å². The molecule has 2 aliphatic heterocycles. The highest BCUT2D eigenvalue weighted by atomic mass is 16.5. The molecule has 3 heterocycles. The Balaban J connectivity index is 0.00000164. The van der Waals surface area contributed by atoms with Crippen molar-refractivity contribution < 1.29 is 4.74 Å². The van der Waals surface area contributed by atoms with Gasteiger partial charge in [0.05, 0.1) is 24.2 Å². The van der Waals surface area contributed by atoms with Crippen molar-refractivity contribution in [3.05, 3.63) is 82.5 Å². The number of nitrogens with one attached hydrogen (secondary N) is 1. The van der Waals surface area contributed by atoms with Crippen LogP contribution >= 0.6 is 0 Å². The molecule has 5 heteroatoms. The molecule has 5 nitrogen and oxygen atoms in total. The first-order valence-corrected chi connectivity index (χ1v) is 13.9. The smallest absolute Gasteiger partial charge is 0.123 e. The monoisotopic (exact) mass is 510 g/mol. The molecule has 1 saturated heterocycles. The van der Waals surface area contributed by atoms with E-state index in [9.17, 15) is 0 Å². The molecule has 1 fully saturated rings. The summed E-state index contributed by atoms with van der Waals surface area (Å²) in [7, 11) is 0. The second-order valence-corrected chi connectivity index (χ2v) is 10.3. The lowest BCUT2D eigenvalue weighted by Gasteiger charge is -2.37. The minimum atomic E-state index is 0.213. The highest BCUT2D eigenvalue weighted by molar-refractivity contribution is 5.70. The Kier molecular flexibility index (Phi) is 9.24. The first-order chi connectivity index (χ1) is 18.5. The minimum Gasteiger partial charge on any atom is -0.493 e. The van der Waals surface area contributed by atoms with Crippen molar-refractivity contribution in [3.63, 3.8) is 0 Å². The maximum absolute atomic E-state index is 6.29. The van der Waals surface area contributed by atoms with E-state index in [2.05, 4.69) is 90.2 Å². The summed E-state index contributed by atoms with van der Waals surface area (Å²) >= 11 is 0. The third-order valence-corrected chi connectivity index (χ3v) is 7.11. The SMILES string of the molecule is C=c1cc(-c2ccc3c(c2)OCC3)cc/c1=C/C=C(\C)CNc1cnccc1N1CC(C)CC(N)C1.CC. The van der Waals surface area contributed by atoms with Gasteiger partial charge in [0.2, 0.25) is 0 Å². The van der Waals surface area contributed by atoms with Crippen LogP contribution in [0.4, 0.5) is 11.4 Å². The molecule has 0 saturated carbocycles. The predicted molar refractivity (Wildman–Crippen MR) is 162 cm³/mol. The Bertz CT molecular complexity index is 1370. The van der Waals surface area contributed by atoms with Gasteiger partial charge in [-0.05, 0) is 64.6 Å². The highest BCUT2D eigenvalue weighted by Crippen LogP contribution is 2.31. The summed E-state index contributed by atoms with van der Waals surface area (Å²) in [4.78, 5) is 6.74. The number of nitrogens with zero attached hydrogens (tertiary/aromatic N) is 2. The summed E-state index contributed by atoms with van der Waals surface area (Å²) in [6.07, 6.45) is 10.2. The second kappa shape index (κ2) is 12.8. The highest BCUT2D eigenvalue weighted by Gasteiger charge is 2.23. The summed E-state index contributed by atoms with van der Waals surface area (Å²) in [5.41, 5.74) is 13.4. The molecule has 2 aromatic carbocycles. The molecule has 5 rings (SSSR count). The second-order valence-electron chi connectivity index (χ2n) is 10.3. The summed E-state index contributed by atoms with van der Waals surface area (Å²) in [5, 5.41) is 5.71. The number of aromatic nitrogens is 1. The molecule has 2 atom stereocenters. The van der Waals surface area contributed by atoms with E-state index in [4.69, 9.17) is 10.5 Å². The van der Waals surface area contributed by atoms with Crippen LogP contribution in [0.5, 0.6) is 5.75 Å². The van der Waals surface area contributed by atoms with E-state index in [1.807, 2.05) is 26.2 Å². The standard InChI is InChI=1S/C31H36N4O.C2H6/c1-21(17-34-29-18-33-12-10-30(29)35-19-22(2)14-28(32)20-35)4-5-24-6-8-26(15-23(24)3)27-9-7-25-11-13-36-31(25)16-27;1-2/h4-10,12,15-16,18,22,28,34H,3,11,13-14,17,19-20,32H2,1-2H3;1-2H3/b21-4+,24-5-;. The molecule has 0 spiro atoms. The lowest BCUT2D eigenvalue weighted by molar-refractivity contribution is 0.357. The fourth-order valence-electron chi connectivity index (χ4n) is 5.21. The van der Waals surface area contributed by atoms with Gasteiger partial charge in [-0.3, -0.25) is 4.98 Å². The summed E-state index contributed by atoms with van der Waals surface area (Å²) in [6.45, 7) is 16.1. The number of rotatable bonds is 6. The third-order valence-electron chi connectivity index (χ3n) is 7.11. The van der Waals surface area contributed by atoms with Gasteiger partial charge in [-0.2, -0.15) is 0 Å². The fourth-order valence-corrected chi connectivity index (χ4v) is 5.21. The van der Waals surface area contributed by atoms with Gasteiger partial charge in [0.15, 0.2) is 0 Å². The summed E-state index contributed by atoms with van der Waals surface area (Å²) < 4.78 is 5.74. The average Bonchev–Trinajstić information content (AvgIpc) is 3.40. The summed E-state index contributed by atoms with van der Waals surface area (Å²) in [6, 6.07) is 15.2.